The highest BCUT2D eigenvalue weighted by molar-refractivity contribution is 5.94. The number of amides is 2. The van der Waals surface area contributed by atoms with E-state index in [4.69, 9.17) is 9.47 Å². The first-order valence-electron chi connectivity index (χ1n) is 7.35. The van der Waals surface area contributed by atoms with Crippen molar-refractivity contribution in [1.82, 2.24) is 4.90 Å². The second-order valence-corrected chi connectivity index (χ2v) is 5.30. The van der Waals surface area contributed by atoms with E-state index in [0.29, 0.717) is 5.75 Å². The molecule has 3 rings (SSSR count). The van der Waals surface area contributed by atoms with Gasteiger partial charge in [-0.2, -0.15) is 0 Å². The van der Waals surface area contributed by atoms with Crippen LogP contribution in [-0.2, 0) is 16.0 Å². The number of cyclic esters (lactones) is 1. The van der Waals surface area contributed by atoms with Crippen LogP contribution >= 0.6 is 0 Å². The van der Waals surface area contributed by atoms with Gasteiger partial charge in [-0.15, -0.1) is 0 Å². The molecule has 1 aliphatic heterocycles. The Balaban J connectivity index is 1.80. The first kappa shape index (κ1) is 15.1. The molecule has 1 fully saturated rings. The summed E-state index contributed by atoms with van der Waals surface area (Å²) >= 11 is 0. The van der Waals surface area contributed by atoms with Crippen LogP contribution in [0, 0.1) is 0 Å². The van der Waals surface area contributed by atoms with Crippen LogP contribution in [0.2, 0.25) is 0 Å². The lowest BCUT2D eigenvalue weighted by atomic mass is 10.1. The second kappa shape index (κ2) is 6.52. The van der Waals surface area contributed by atoms with Crippen molar-refractivity contribution in [2.75, 3.05) is 13.7 Å². The molecule has 0 radical (unpaired) electrons. The summed E-state index contributed by atoms with van der Waals surface area (Å²) in [4.78, 5) is 25.8. The molecule has 1 aliphatic rings. The molecule has 0 aromatic heterocycles. The SMILES string of the molecule is COc1cccc(CC(=O)N2C(=O)OC[C@H]2c2ccccc2)c1. The Morgan fingerprint density at radius 1 is 1.22 bits per heavy atom. The van der Waals surface area contributed by atoms with Crippen LogP contribution in [0.4, 0.5) is 4.79 Å². The lowest BCUT2D eigenvalue weighted by molar-refractivity contribution is -0.128. The first-order valence-corrected chi connectivity index (χ1v) is 7.35. The zero-order valence-corrected chi connectivity index (χ0v) is 12.8. The fraction of sp³-hybridized carbons (Fsp3) is 0.222. The summed E-state index contributed by atoms with van der Waals surface area (Å²) in [5, 5.41) is 0. The number of ether oxygens (including phenoxy) is 2. The minimum atomic E-state index is -0.591. The Morgan fingerprint density at radius 2 is 2.00 bits per heavy atom. The fourth-order valence-corrected chi connectivity index (χ4v) is 2.66. The van der Waals surface area contributed by atoms with Crippen molar-refractivity contribution in [3.8, 4) is 5.75 Å². The normalized spacial score (nSPS) is 17.0. The number of hydrogen-bond acceptors (Lipinski definition) is 4. The maximum Gasteiger partial charge on any atom is 0.417 e. The van der Waals surface area contributed by atoms with Gasteiger partial charge in [0, 0.05) is 0 Å². The van der Waals surface area contributed by atoms with Crippen molar-refractivity contribution < 1.29 is 19.1 Å². The maximum atomic E-state index is 12.6. The van der Waals surface area contributed by atoms with Crippen molar-refractivity contribution in [2.45, 2.75) is 12.5 Å². The van der Waals surface area contributed by atoms with E-state index in [1.54, 1.807) is 13.2 Å². The van der Waals surface area contributed by atoms with Gasteiger partial charge in [0.25, 0.3) is 0 Å². The maximum absolute atomic E-state index is 12.6. The van der Waals surface area contributed by atoms with Gasteiger partial charge in [-0.1, -0.05) is 42.5 Å². The van der Waals surface area contributed by atoms with E-state index in [2.05, 4.69) is 0 Å². The standard InChI is InChI=1S/C18H17NO4/c1-22-15-9-5-6-13(10-15)11-17(20)19-16(12-23-18(19)21)14-7-3-2-4-8-14/h2-10,16H,11-12H2,1H3/t16-/m0/s1. The molecule has 5 nitrogen and oxygen atoms in total. The predicted octanol–water partition coefficient (Wildman–Crippen LogP) is 2.96. The highest BCUT2D eigenvalue weighted by Gasteiger charge is 2.38. The van der Waals surface area contributed by atoms with Gasteiger partial charge in [0.15, 0.2) is 0 Å². The largest absolute Gasteiger partial charge is 0.497 e. The summed E-state index contributed by atoms with van der Waals surface area (Å²) < 4.78 is 10.2. The summed E-state index contributed by atoms with van der Waals surface area (Å²) in [6.07, 6.45) is -0.470. The van der Waals surface area contributed by atoms with Crippen LogP contribution in [0.15, 0.2) is 54.6 Å². The van der Waals surface area contributed by atoms with E-state index < -0.39 is 6.09 Å². The molecule has 2 aromatic rings. The second-order valence-electron chi connectivity index (χ2n) is 5.30. The van der Waals surface area contributed by atoms with E-state index in [0.717, 1.165) is 11.1 Å². The molecule has 0 spiro atoms. The van der Waals surface area contributed by atoms with Gasteiger partial charge >= 0.3 is 6.09 Å². The van der Waals surface area contributed by atoms with Crippen LogP contribution in [-0.4, -0.2) is 30.6 Å². The van der Waals surface area contributed by atoms with Gasteiger partial charge < -0.3 is 9.47 Å². The van der Waals surface area contributed by atoms with Crippen molar-refractivity contribution >= 4 is 12.0 Å². The van der Waals surface area contributed by atoms with Gasteiger partial charge in [0.2, 0.25) is 5.91 Å². The third-order valence-corrected chi connectivity index (χ3v) is 3.82. The van der Waals surface area contributed by atoms with E-state index in [9.17, 15) is 9.59 Å². The first-order chi connectivity index (χ1) is 11.2. The number of carbonyl (C=O) groups is 2. The number of hydrogen-bond donors (Lipinski definition) is 0. The van der Waals surface area contributed by atoms with Crippen molar-refractivity contribution in [1.29, 1.82) is 0 Å². The minimum Gasteiger partial charge on any atom is -0.497 e. The van der Waals surface area contributed by atoms with Gasteiger partial charge in [-0.05, 0) is 23.3 Å². The van der Waals surface area contributed by atoms with Crippen molar-refractivity contribution in [3.63, 3.8) is 0 Å². The molecule has 0 unspecified atom stereocenters. The average Bonchev–Trinajstić information content (AvgIpc) is 2.97. The molecule has 0 aliphatic carbocycles. The van der Waals surface area contributed by atoms with Gasteiger partial charge in [0.05, 0.1) is 13.5 Å². The number of carbonyl (C=O) groups excluding carboxylic acids is 2. The fourth-order valence-electron chi connectivity index (χ4n) is 2.66. The third-order valence-electron chi connectivity index (χ3n) is 3.82. The topological polar surface area (TPSA) is 55.8 Å². The predicted molar refractivity (Wildman–Crippen MR) is 84.1 cm³/mol. The summed E-state index contributed by atoms with van der Waals surface area (Å²) in [7, 11) is 1.57. The number of imide groups is 1. The molecule has 0 saturated carbocycles. The smallest absolute Gasteiger partial charge is 0.417 e. The molecule has 1 saturated heterocycles. The summed E-state index contributed by atoms with van der Waals surface area (Å²) in [5.74, 6) is 0.397. The van der Waals surface area contributed by atoms with Crippen LogP contribution in [0.1, 0.15) is 17.2 Å². The Morgan fingerprint density at radius 3 is 2.74 bits per heavy atom. The molecule has 23 heavy (non-hydrogen) atoms. The quantitative estimate of drug-likeness (QED) is 0.871. The minimum absolute atomic E-state index is 0.121. The summed E-state index contributed by atoms with van der Waals surface area (Å²) in [6.45, 7) is 0.187. The molecule has 5 heteroatoms. The van der Waals surface area contributed by atoms with Crippen molar-refractivity contribution in [3.05, 3.63) is 65.7 Å². The molecule has 2 amide bonds. The van der Waals surface area contributed by atoms with Gasteiger partial charge in [-0.25, -0.2) is 9.69 Å². The molecule has 0 bridgehead atoms. The molecule has 2 aromatic carbocycles. The average molecular weight is 311 g/mol. The van der Waals surface area contributed by atoms with Crippen molar-refractivity contribution in [2.24, 2.45) is 0 Å². The molecule has 1 heterocycles. The van der Waals surface area contributed by atoms with E-state index in [1.807, 2.05) is 48.5 Å². The lowest BCUT2D eigenvalue weighted by Crippen LogP contribution is -2.35. The number of methoxy groups -OCH3 is 1. The lowest BCUT2D eigenvalue weighted by Gasteiger charge is -2.20. The van der Waals surface area contributed by atoms with Gasteiger partial charge in [0.1, 0.15) is 18.4 Å². The highest BCUT2D eigenvalue weighted by atomic mass is 16.6. The van der Waals surface area contributed by atoms with Crippen LogP contribution in [0.3, 0.4) is 0 Å². The zero-order chi connectivity index (χ0) is 16.2. The molecular formula is C18H17NO4. The third kappa shape index (κ3) is 3.18. The Hall–Kier alpha value is -2.82. The van der Waals surface area contributed by atoms with Crippen LogP contribution in [0.5, 0.6) is 5.75 Å². The Kier molecular flexibility index (Phi) is 4.28. The monoisotopic (exact) mass is 311 g/mol. The highest BCUT2D eigenvalue weighted by Crippen LogP contribution is 2.28. The van der Waals surface area contributed by atoms with E-state index in [1.165, 1.54) is 4.90 Å². The molecule has 118 valence electrons. The molecule has 0 N–H and O–H groups in total. The van der Waals surface area contributed by atoms with Crippen LogP contribution in [0.25, 0.3) is 0 Å². The molecular weight excluding hydrogens is 294 g/mol. The van der Waals surface area contributed by atoms with E-state index in [-0.39, 0.29) is 25.0 Å². The zero-order valence-electron chi connectivity index (χ0n) is 12.8. The summed E-state index contributed by atoms with van der Waals surface area (Å²) in [6, 6.07) is 16.3. The van der Waals surface area contributed by atoms with Crippen LogP contribution < -0.4 is 4.74 Å². The van der Waals surface area contributed by atoms with E-state index >= 15 is 0 Å². The Labute approximate surface area is 134 Å². The molecule has 1 atom stereocenters. The number of rotatable bonds is 4. The number of nitrogens with zero attached hydrogens (tertiary/aromatic N) is 1. The Bertz CT molecular complexity index is 714. The van der Waals surface area contributed by atoms with Gasteiger partial charge in [-0.3, -0.25) is 4.79 Å². The number of benzene rings is 2. The summed E-state index contributed by atoms with van der Waals surface area (Å²) in [5.41, 5.74) is 1.68.